The number of para-hydroxylation sites is 5. The first-order valence-electron chi connectivity index (χ1n) is 18.1. The van der Waals surface area contributed by atoms with Crippen LogP contribution in [0.5, 0.6) is 0 Å². The highest BCUT2D eigenvalue weighted by atomic mass is 15.0. The Labute approximate surface area is 299 Å². The first kappa shape index (κ1) is 27.9. The molecule has 12 rings (SSSR count). The summed E-state index contributed by atoms with van der Waals surface area (Å²) < 4.78 is 5.00. The van der Waals surface area contributed by atoms with Gasteiger partial charge < -0.3 is 14.1 Å². The summed E-state index contributed by atoms with van der Waals surface area (Å²) in [4.78, 5) is 3.78. The van der Waals surface area contributed by atoms with Gasteiger partial charge in [0.1, 0.15) is 0 Å². The number of aromatic amines is 1. The van der Waals surface area contributed by atoms with Crippen molar-refractivity contribution in [1.29, 1.82) is 0 Å². The fourth-order valence-corrected chi connectivity index (χ4v) is 9.22. The minimum absolute atomic E-state index is 0.928. The van der Waals surface area contributed by atoms with Crippen molar-refractivity contribution in [1.82, 2.24) is 14.1 Å². The van der Waals surface area contributed by atoms with E-state index in [-0.39, 0.29) is 0 Å². The molecule has 0 saturated carbocycles. The lowest BCUT2D eigenvalue weighted by Crippen LogP contribution is -2.03. The molecule has 0 spiro atoms. The maximum Gasteiger partial charge on any atom is 0.0562 e. The molecule has 3 heterocycles. The lowest BCUT2D eigenvalue weighted by molar-refractivity contribution is 1.15. The number of benzene rings is 8. The Hall–Kier alpha value is -6.84. The Morgan fingerprint density at radius 3 is 1.42 bits per heavy atom. The molecule has 242 valence electrons. The Kier molecular flexibility index (Phi) is 5.56. The van der Waals surface area contributed by atoms with Gasteiger partial charge in [-0.3, -0.25) is 0 Å². The van der Waals surface area contributed by atoms with Gasteiger partial charge in [0, 0.05) is 54.5 Å². The molecule has 0 aliphatic heterocycles. The molecule has 3 nitrogen and oxygen atoms in total. The normalized spacial score (nSPS) is 12.5. The van der Waals surface area contributed by atoms with Crippen molar-refractivity contribution in [3.05, 3.63) is 181 Å². The van der Waals surface area contributed by atoms with E-state index in [1.54, 1.807) is 0 Å². The second kappa shape index (κ2) is 10.3. The van der Waals surface area contributed by atoms with Crippen molar-refractivity contribution < 1.29 is 0 Å². The van der Waals surface area contributed by atoms with E-state index >= 15 is 0 Å². The van der Waals surface area contributed by atoms with E-state index in [1.807, 2.05) is 0 Å². The molecular weight excluding hydrogens is 631 g/mol. The molecule has 0 fully saturated rings. The summed E-state index contributed by atoms with van der Waals surface area (Å²) in [6.07, 6.45) is 0.928. The molecule has 1 aliphatic carbocycles. The highest BCUT2D eigenvalue weighted by molar-refractivity contribution is 6.14. The number of hydrogen-bond acceptors (Lipinski definition) is 0. The van der Waals surface area contributed by atoms with E-state index in [2.05, 4.69) is 184 Å². The molecule has 0 radical (unpaired) electrons. The van der Waals surface area contributed by atoms with Gasteiger partial charge in [0.15, 0.2) is 0 Å². The van der Waals surface area contributed by atoms with Gasteiger partial charge in [-0.15, -0.1) is 0 Å². The predicted octanol–water partition coefficient (Wildman–Crippen LogP) is 12.8. The van der Waals surface area contributed by atoms with Crippen LogP contribution in [0.15, 0.2) is 170 Å². The zero-order valence-electron chi connectivity index (χ0n) is 28.3. The second-order valence-corrected chi connectivity index (χ2v) is 14.2. The molecule has 0 amide bonds. The number of nitrogens with one attached hydrogen (secondary N) is 1. The highest BCUT2D eigenvalue weighted by Crippen LogP contribution is 2.47. The molecule has 1 aliphatic rings. The summed E-state index contributed by atoms with van der Waals surface area (Å²) in [6.45, 7) is 0. The number of nitrogens with zero attached hydrogens (tertiary/aromatic N) is 2. The molecule has 0 unspecified atom stereocenters. The number of aromatic nitrogens is 3. The Morgan fingerprint density at radius 2 is 0.808 bits per heavy atom. The van der Waals surface area contributed by atoms with E-state index in [1.165, 1.54) is 93.5 Å². The third kappa shape index (κ3) is 3.74. The maximum atomic E-state index is 3.78. The molecule has 0 atom stereocenters. The molecule has 0 bridgehead atoms. The lowest BCUT2D eigenvalue weighted by Gasteiger charge is -2.21. The van der Waals surface area contributed by atoms with Crippen molar-refractivity contribution in [3.63, 3.8) is 0 Å². The lowest BCUT2D eigenvalue weighted by atomic mass is 9.93. The predicted molar refractivity (Wildman–Crippen MR) is 218 cm³/mol. The van der Waals surface area contributed by atoms with Crippen molar-refractivity contribution in [3.8, 4) is 33.6 Å². The average molecular weight is 662 g/mol. The van der Waals surface area contributed by atoms with Crippen LogP contribution in [0.4, 0.5) is 0 Å². The minimum atomic E-state index is 0.928. The molecule has 11 aromatic rings. The van der Waals surface area contributed by atoms with Gasteiger partial charge in [-0.05, 0) is 83.3 Å². The summed E-state index contributed by atoms with van der Waals surface area (Å²) in [5.74, 6) is 0. The molecule has 0 saturated heterocycles. The SMILES string of the molecule is c1ccc2c(c1)Cc1cc(-n3c4ccccc4c4ccccc43)c(-c3cc4c(cc3-n3c5ccccc5c5ccccc53)[nH]c3ccccc34)cc1-2. The molecule has 52 heavy (non-hydrogen) atoms. The smallest absolute Gasteiger partial charge is 0.0562 e. The van der Waals surface area contributed by atoms with E-state index in [9.17, 15) is 0 Å². The first-order valence-corrected chi connectivity index (χ1v) is 18.1. The van der Waals surface area contributed by atoms with Crippen LogP contribution in [-0.4, -0.2) is 14.1 Å². The van der Waals surface area contributed by atoms with Gasteiger partial charge in [0.2, 0.25) is 0 Å². The standard InChI is InChI=1S/C49H31N3/c1-2-14-32-30(13-1)25-31-26-48(51-44-21-9-4-16-34(44)35-17-5-10-22-45(35)51)40(27-38(31)32)41-28-39-33-15-3-8-20-42(33)50-43(39)29-49(41)52-46-23-11-6-18-36(46)37-19-7-12-24-47(37)52/h1-24,26-29,50H,25H2. The molecule has 8 aromatic carbocycles. The Bertz CT molecular complexity index is 3170. The van der Waals surface area contributed by atoms with Crippen LogP contribution in [0.3, 0.4) is 0 Å². The van der Waals surface area contributed by atoms with E-state index in [0.29, 0.717) is 0 Å². The van der Waals surface area contributed by atoms with Crippen LogP contribution in [0.25, 0.3) is 99.0 Å². The number of fused-ring (bicyclic) bond motifs is 12. The number of hydrogen-bond donors (Lipinski definition) is 1. The van der Waals surface area contributed by atoms with Gasteiger partial charge in [-0.2, -0.15) is 0 Å². The van der Waals surface area contributed by atoms with Crippen molar-refractivity contribution in [2.24, 2.45) is 0 Å². The van der Waals surface area contributed by atoms with Gasteiger partial charge in [0.25, 0.3) is 0 Å². The monoisotopic (exact) mass is 661 g/mol. The molecule has 3 aromatic heterocycles. The van der Waals surface area contributed by atoms with Gasteiger partial charge in [-0.1, -0.05) is 115 Å². The van der Waals surface area contributed by atoms with E-state index < -0.39 is 0 Å². The Morgan fingerprint density at radius 1 is 0.327 bits per heavy atom. The summed E-state index contributed by atoms with van der Waals surface area (Å²) in [6, 6.07) is 62.8. The molecular formula is C49H31N3. The highest BCUT2D eigenvalue weighted by Gasteiger charge is 2.26. The molecule has 3 heteroatoms. The van der Waals surface area contributed by atoms with Crippen LogP contribution < -0.4 is 0 Å². The Balaban J connectivity index is 1.28. The van der Waals surface area contributed by atoms with Crippen LogP contribution in [0, 0.1) is 0 Å². The third-order valence-corrected chi connectivity index (χ3v) is 11.5. The zero-order valence-corrected chi connectivity index (χ0v) is 28.3. The summed E-state index contributed by atoms with van der Waals surface area (Å²) in [7, 11) is 0. The van der Waals surface area contributed by atoms with Crippen LogP contribution in [0.1, 0.15) is 11.1 Å². The van der Waals surface area contributed by atoms with Crippen LogP contribution >= 0.6 is 0 Å². The zero-order chi connectivity index (χ0) is 33.9. The van der Waals surface area contributed by atoms with Crippen LogP contribution in [0.2, 0.25) is 0 Å². The average Bonchev–Trinajstić information content (AvgIpc) is 3.94. The quantitative estimate of drug-likeness (QED) is 0.195. The van der Waals surface area contributed by atoms with Crippen molar-refractivity contribution in [2.75, 3.05) is 0 Å². The van der Waals surface area contributed by atoms with Gasteiger partial charge in [-0.25, -0.2) is 0 Å². The first-order chi connectivity index (χ1) is 25.8. The maximum absolute atomic E-state index is 3.78. The van der Waals surface area contributed by atoms with E-state index in [4.69, 9.17) is 0 Å². The molecule has 1 N–H and O–H groups in total. The summed E-state index contributed by atoms with van der Waals surface area (Å²) >= 11 is 0. The summed E-state index contributed by atoms with van der Waals surface area (Å²) in [5.41, 5.74) is 17.3. The van der Waals surface area contributed by atoms with Gasteiger partial charge in [0.05, 0.1) is 33.4 Å². The fraction of sp³-hybridized carbons (Fsp3) is 0.0204. The van der Waals surface area contributed by atoms with Crippen molar-refractivity contribution >= 4 is 65.4 Å². The number of H-pyrrole nitrogens is 1. The number of rotatable bonds is 3. The van der Waals surface area contributed by atoms with Crippen LogP contribution in [-0.2, 0) is 6.42 Å². The summed E-state index contributed by atoms with van der Waals surface area (Å²) in [5, 5.41) is 7.50. The topological polar surface area (TPSA) is 25.6 Å². The second-order valence-electron chi connectivity index (χ2n) is 14.2. The minimum Gasteiger partial charge on any atom is -0.354 e. The third-order valence-electron chi connectivity index (χ3n) is 11.5. The fourth-order valence-electron chi connectivity index (χ4n) is 9.22. The van der Waals surface area contributed by atoms with Gasteiger partial charge >= 0.3 is 0 Å². The van der Waals surface area contributed by atoms with E-state index in [0.717, 1.165) is 23.1 Å². The largest absolute Gasteiger partial charge is 0.354 e. The van der Waals surface area contributed by atoms with Crippen molar-refractivity contribution in [2.45, 2.75) is 6.42 Å².